The smallest absolute Gasteiger partial charge is 0.240 e. The van der Waals surface area contributed by atoms with E-state index in [2.05, 4.69) is 16.6 Å². The van der Waals surface area contributed by atoms with Crippen molar-refractivity contribution in [1.29, 1.82) is 0 Å². The van der Waals surface area contributed by atoms with Gasteiger partial charge in [0.05, 0.1) is 27.5 Å². The van der Waals surface area contributed by atoms with Gasteiger partial charge in [0.2, 0.25) is 5.91 Å². The number of nitrogens with one attached hydrogen (secondary N) is 1. The fourth-order valence-electron chi connectivity index (χ4n) is 3.56. The molecule has 1 aliphatic rings. The molecule has 5 nitrogen and oxygen atoms in total. The number of nitrogens with zero attached hydrogens (tertiary/aromatic N) is 3. The van der Waals surface area contributed by atoms with Gasteiger partial charge in [-0.05, 0) is 44.1 Å². The summed E-state index contributed by atoms with van der Waals surface area (Å²) in [7, 11) is 0. The molecule has 0 fully saturated rings. The number of para-hydroxylation sites is 2. The molecule has 0 aliphatic heterocycles. The number of hydrogen-bond acceptors (Lipinski definition) is 5. The molecule has 142 valence electrons. The molecule has 0 unspecified atom stereocenters. The Hall–Kier alpha value is -1.86. The molecule has 1 aromatic carbocycles. The predicted molar refractivity (Wildman–Crippen MR) is 112 cm³/mol. The second kappa shape index (κ2) is 8.44. The van der Waals surface area contributed by atoms with E-state index in [0.29, 0.717) is 13.1 Å². The normalized spacial score (nSPS) is 13.7. The quantitative estimate of drug-likeness (QED) is 0.658. The van der Waals surface area contributed by atoms with Crippen molar-refractivity contribution in [2.45, 2.75) is 44.4 Å². The van der Waals surface area contributed by atoms with E-state index in [-0.39, 0.29) is 5.91 Å². The number of thiazole rings is 1. The number of aromatic nitrogens is 3. The minimum absolute atomic E-state index is 0.0295. The maximum atomic E-state index is 12.5. The standard InChI is InChI=1S/C20H24N4OS2/c1-26-13-18-22-14-6-2-4-8-16(14)24(18)12-19(25)21-11-10-20-23-15-7-3-5-9-17(15)27-20/h2,4,6,8H,3,5,7,9-13H2,1H3,(H,21,25). The number of imidazole rings is 1. The van der Waals surface area contributed by atoms with Crippen LogP contribution in [0.2, 0.25) is 0 Å². The molecule has 1 amide bonds. The first-order valence-electron chi connectivity index (χ1n) is 9.42. The van der Waals surface area contributed by atoms with Crippen molar-refractivity contribution in [2.75, 3.05) is 12.8 Å². The fraction of sp³-hybridized carbons (Fsp3) is 0.450. The first-order chi connectivity index (χ1) is 13.2. The number of aryl methyl sites for hydroxylation is 2. The van der Waals surface area contributed by atoms with E-state index in [9.17, 15) is 4.79 Å². The van der Waals surface area contributed by atoms with Crippen molar-refractivity contribution >= 4 is 40.0 Å². The zero-order valence-electron chi connectivity index (χ0n) is 15.5. The summed E-state index contributed by atoms with van der Waals surface area (Å²) in [6.45, 7) is 0.945. The minimum atomic E-state index is 0.0295. The molecule has 2 heterocycles. The molecule has 3 aromatic rings. The van der Waals surface area contributed by atoms with Crippen LogP contribution in [0.1, 0.15) is 34.2 Å². The Bertz CT molecular complexity index is 923. The maximum Gasteiger partial charge on any atom is 0.240 e. The van der Waals surface area contributed by atoms with Crippen LogP contribution in [0.3, 0.4) is 0 Å². The highest BCUT2D eigenvalue weighted by molar-refractivity contribution is 7.97. The third kappa shape index (κ3) is 4.19. The Morgan fingerprint density at radius 3 is 2.96 bits per heavy atom. The van der Waals surface area contributed by atoms with E-state index in [0.717, 1.165) is 40.5 Å². The second-order valence-electron chi connectivity index (χ2n) is 6.82. The van der Waals surface area contributed by atoms with E-state index in [1.807, 2.05) is 40.2 Å². The SMILES string of the molecule is CSCc1nc2ccccc2n1CC(=O)NCCc1nc2c(s1)CCCC2. The lowest BCUT2D eigenvalue weighted by molar-refractivity contribution is -0.121. The molecule has 0 radical (unpaired) electrons. The van der Waals surface area contributed by atoms with Crippen LogP contribution < -0.4 is 5.32 Å². The van der Waals surface area contributed by atoms with Crippen LogP contribution in [0.5, 0.6) is 0 Å². The Labute approximate surface area is 167 Å². The molecule has 0 bridgehead atoms. The van der Waals surface area contributed by atoms with Gasteiger partial charge in [0, 0.05) is 17.8 Å². The fourth-order valence-corrected chi connectivity index (χ4v) is 5.20. The topological polar surface area (TPSA) is 59.8 Å². The number of rotatable bonds is 7. The van der Waals surface area contributed by atoms with E-state index in [1.54, 1.807) is 11.8 Å². The zero-order valence-corrected chi connectivity index (χ0v) is 17.2. The van der Waals surface area contributed by atoms with Crippen molar-refractivity contribution in [2.24, 2.45) is 0 Å². The largest absolute Gasteiger partial charge is 0.354 e. The summed E-state index contributed by atoms with van der Waals surface area (Å²) in [5.41, 5.74) is 3.26. The van der Waals surface area contributed by atoms with Crippen LogP contribution >= 0.6 is 23.1 Å². The van der Waals surface area contributed by atoms with Crippen LogP contribution in [-0.2, 0) is 36.4 Å². The van der Waals surface area contributed by atoms with Crippen molar-refractivity contribution < 1.29 is 4.79 Å². The summed E-state index contributed by atoms with van der Waals surface area (Å²) in [6.07, 6.45) is 7.69. The molecule has 0 atom stereocenters. The molecular formula is C20H24N4OS2. The van der Waals surface area contributed by atoms with Gasteiger partial charge in [-0.25, -0.2) is 9.97 Å². The first-order valence-corrected chi connectivity index (χ1v) is 11.6. The van der Waals surface area contributed by atoms with Crippen LogP contribution in [0.15, 0.2) is 24.3 Å². The third-order valence-corrected chi connectivity index (χ3v) is 6.62. The number of amides is 1. The molecular weight excluding hydrogens is 376 g/mol. The molecule has 0 spiro atoms. The summed E-state index contributed by atoms with van der Waals surface area (Å²) < 4.78 is 2.03. The average molecular weight is 401 g/mol. The highest BCUT2D eigenvalue weighted by Gasteiger charge is 2.16. The van der Waals surface area contributed by atoms with Gasteiger partial charge < -0.3 is 9.88 Å². The van der Waals surface area contributed by atoms with E-state index in [4.69, 9.17) is 4.98 Å². The summed E-state index contributed by atoms with van der Waals surface area (Å²) in [5, 5.41) is 4.21. The first kappa shape index (κ1) is 18.5. The Morgan fingerprint density at radius 1 is 1.26 bits per heavy atom. The lowest BCUT2D eigenvalue weighted by Crippen LogP contribution is -2.29. The van der Waals surface area contributed by atoms with E-state index < -0.39 is 0 Å². The van der Waals surface area contributed by atoms with Crippen molar-refractivity contribution in [3.63, 3.8) is 0 Å². The van der Waals surface area contributed by atoms with Gasteiger partial charge in [-0.3, -0.25) is 4.79 Å². The van der Waals surface area contributed by atoms with Crippen LogP contribution in [0, 0.1) is 0 Å². The monoisotopic (exact) mass is 400 g/mol. The number of hydrogen-bond donors (Lipinski definition) is 1. The molecule has 1 N–H and O–H groups in total. The Kier molecular flexibility index (Phi) is 5.78. The second-order valence-corrected chi connectivity index (χ2v) is 8.85. The zero-order chi connectivity index (χ0) is 18.6. The minimum Gasteiger partial charge on any atom is -0.354 e. The highest BCUT2D eigenvalue weighted by Crippen LogP contribution is 2.26. The average Bonchev–Trinajstić information content (AvgIpc) is 3.23. The van der Waals surface area contributed by atoms with Crippen LogP contribution in [0.25, 0.3) is 11.0 Å². The Balaban J connectivity index is 1.37. The van der Waals surface area contributed by atoms with Gasteiger partial charge >= 0.3 is 0 Å². The molecule has 1 aliphatic carbocycles. The van der Waals surface area contributed by atoms with Gasteiger partial charge in [0.25, 0.3) is 0 Å². The number of thioether (sulfide) groups is 1. The number of carbonyl (C=O) groups is 1. The number of benzene rings is 1. The van der Waals surface area contributed by atoms with Gasteiger partial charge in [0.1, 0.15) is 12.4 Å². The van der Waals surface area contributed by atoms with E-state index in [1.165, 1.54) is 29.8 Å². The van der Waals surface area contributed by atoms with Gasteiger partial charge in [-0.1, -0.05) is 12.1 Å². The van der Waals surface area contributed by atoms with Crippen molar-refractivity contribution in [3.05, 3.63) is 45.7 Å². The van der Waals surface area contributed by atoms with Crippen molar-refractivity contribution in [3.8, 4) is 0 Å². The molecule has 0 saturated carbocycles. The number of fused-ring (bicyclic) bond motifs is 2. The predicted octanol–water partition coefficient (Wildman–Crippen LogP) is 3.59. The molecule has 7 heteroatoms. The lowest BCUT2D eigenvalue weighted by atomic mass is 10.0. The lowest BCUT2D eigenvalue weighted by Gasteiger charge is -2.09. The summed E-state index contributed by atoms with van der Waals surface area (Å²) in [4.78, 5) is 23.4. The molecule has 0 saturated heterocycles. The van der Waals surface area contributed by atoms with Crippen molar-refractivity contribution in [1.82, 2.24) is 19.9 Å². The van der Waals surface area contributed by atoms with Gasteiger partial charge in [-0.15, -0.1) is 11.3 Å². The molecule has 2 aromatic heterocycles. The number of carbonyl (C=O) groups excluding carboxylic acids is 1. The van der Waals surface area contributed by atoms with Gasteiger partial charge in [-0.2, -0.15) is 11.8 Å². The molecule has 4 rings (SSSR count). The summed E-state index contributed by atoms with van der Waals surface area (Å²) in [6, 6.07) is 8.00. The highest BCUT2D eigenvalue weighted by atomic mass is 32.2. The third-order valence-electron chi connectivity index (χ3n) is 4.86. The van der Waals surface area contributed by atoms with E-state index >= 15 is 0 Å². The molecule has 27 heavy (non-hydrogen) atoms. The van der Waals surface area contributed by atoms with Crippen LogP contribution in [-0.4, -0.2) is 33.2 Å². The van der Waals surface area contributed by atoms with Gasteiger partial charge in [0.15, 0.2) is 0 Å². The summed E-state index contributed by atoms with van der Waals surface area (Å²) >= 11 is 3.54. The van der Waals surface area contributed by atoms with Crippen LogP contribution in [0.4, 0.5) is 0 Å². The Morgan fingerprint density at radius 2 is 2.11 bits per heavy atom. The maximum absolute atomic E-state index is 12.5. The summed E-state index contributed by atoms with van der Waals surface area (Å²) in [5.74, 6) is 1.78.